The molecule has 0 saturated carbocycles. The predicted octanol–water partition coefficient (Wildman–Crippen LogP) is 3.70. The predicted molar refractivity (Wildman–Crippen MR) is 102 cm³/mol. The number of halogens is 3. The van der Waals surface area contributed by atoms with Gasteiger partial charge in [0.2, 0.25) is 0 Å². The van der Waals surface area contributed by atoms with E-state index in [9.17, 15) is 18.0 Å². The fourth-order valence-corrected chi connectivity index (χ4v) is 3.12. The number of benzene rings is 2. The molecule has 1 fully saturated rings. The van der Waals surface area contributed by atoms with Gasteiger partial charge in [0.1, 0.15) is 5.75 Å². The van der Waals surface area contributed by atoms with Gasteiger partial charge in [0.25, 0.3) is 5.91 Å². The highest BCUT2D eigenvalue weighted by Gasteiger charge is 2.31. The molecule has 29 heavy (non-hydrogen) atoms. The number of rotatable bonds is 6. The van der Waals surface area contributed by atoms with Crippen LogP contribution in [0.2, 0.25) is 0 Å². The van der Waals surface area contributed by atoms with Crippen LogP contribution in [0.25, 0.3) is 0 Å². The van der Waals surface area contributed by atoms with Gasteiger partial charge in [-0.25, -0.2) is 0 Å². The number of hydrogen-bond donors (Lipinski definition) is 1. The fraction of sp³-hybridized carbons (Fsp3) is 0.381. The number of nitrogens with one attached hydrogen (secondary N) is 1. The molecule has 1 N–H and O–H groups in total. The Labute approximate surface area is 167 Å². The third kappa shape index (κ3) is 6.47. The largest absolute Gasteiger partial charge is 0.573 e. The summed E-state index contributed by atoms with van der Waals surface area (Å²) >= 11 is 0. The molecule has 1 aliphatic rings. The van der Waals surface area contributed by atoms with Gasteiger partial charge < -0.3 is 14.8 Å². The maximum Gasteiger partial charge on any atom is 0.573 e. The lowest BCUT2D eigenvalue weighted by Crippen LogP contribution is -2.43. The number of nitrogens with zero attached hydrogens (tertiary/aromatic N) is 1. The van der Waals surface area contributed by atoms with E-state index in [1.807, 2.05) is 31.2 Å². The van der Waals surface area contributed by atoms with Crippen LogP contribution in [0.1, 0.15) is 27.5 Å². The summed E-state index contributed by atoms with van der Waals surface area (Å²) in [7, 11) is 0. The fourth-order valence-electron chi connectivity index (χ4n) is 3.12. The Bertz CT molecular complexity index is 801. The third-order valence-corrected chi connectivity index (χ3v) is 4.68. The Hall–Kier alpha value is -2.58. The van der Waals surface area contributed by atoms with Crippen molar-refractivity contribution in [3.63, 3.8) is 0 Å². The quantitative estimate of drug-likeness (QED) is 0.792. The maximum absolute atomic E-state index is 12.7. The molecular formula is C21H23F3N2O3. The molecule has 0 bridgehead atoms. The highest BCUT2D eigenvalue weighted by Crippen LogP contribution is 2.23. The van der Waals surface area contributed by atoms with Gasteiger partial charge in [0, 0.05) is 25.2 Å². The first kappa shape index (κ1) is 21.1. The number of hydrogen-bond acceptors (Lipinski definition) is 4. The van der Waals surface area contributed by atoms with Crippen LogP contribution >= 0.6 is 0 Å². The van der Waals surface area contributed by atoms with E-state index in [0.717, 1.165) is 36.3 Å². The molecule has 1 saturated heterocycles. The van der Waals surface area contributed by atoms with Gasteiger partial charge in [0.15, 0.2) is 0 Å². The summed E-state index contributed by atoms with van der Waals surface area (Å²) in [6.45, 7) is 5.46. The molecule has 1 amide bonds. The molecule has 0 radical (unpaired) electrons. The molecule has 8 heteroatoms. The molecule has 0 aromatic heterocycles. The van der Waals surface area contributed by atoms with Crippen molar-refractivity contribution in [2.75, 3.05) is 32.8 Å². The van der Waals surface area contributed by atoms with Gasteiger partial charge in [0.05, 0.1) is 19.3 Å². The standard InChI is InChI=1S/C21H23F3N2O3/c1-15-2-4-16(5-3-15)19(14-26-10-12-28-13-11-26)25-20(27)17-6-8-18(9-7-17)29-21(22,23)24/h2-9,19H,10-14H2,1H3,(H,25,27). The molecule has 5 nitrogen and oxygen atoms in total. The van der Waals surface area contributed by atoms with Crippen LogP contribution in [0.5, 0.6) is 5.75 Å². The van der Waals surface area contributed by atoms with Crippen LogP contribution in [-0.4, -0.2) is 50.0 Å². The smallest absolute Gasteiger partial charge is 0.406 e. The Morgan fingerprint density at radius 1 is 1.10 bits per heavy atom. The van der Waals surface area contributed by atoms with Crippen molar-refractivity contribution in [1.82, 2.24) is 10.2 Å². The van der Waals surface area contributed by atoms with Gasteiger partial charge in [-0.15, -0.1) is 13.2 Å². The number of morpholine rings is 1. The summed E-state index contributed by atoms with van der Waals surface area (Å²) in [6, 6.07) is 12.5. The van der Waals surface area contributed by atoms with E-state index >= 15 is 0 Å². The zero-order chi connectivity index (χ0) is 20.9. The van der Waals surface area contributed by atoms with Crippen molar-refractivity contribution < 1.29 is 27.4 Å². The summed E-state index contributed by atoms with van der Waals surface area (Å²) in [5, 5.41) is 3.00. The van der Waals surface area contributed by atoms with Crippen LogP contribution < -0.4 is 10.1 Å². The molecule has 3 rings (SSSR count). The van der Waals surface area contributed by atoms with Gasteiger partial charge in [-0.1, -0.05) is 29.8 Å². The number of aryl methyl sites for hydroxylation is 1. The number of carbonyl (C=O) groups excluding carboxylic acids is 1. The number of amides is 1. The van der Waals surface area contributed by atoms with Crippen molar-refractivity contribution in [2.24, 2.45) is 0 Å². The van der Waals surface area contributed by atoms with E-state index in [4.69, 9.17) is 4.74 Å². The van der Waals surface area contributed by atoms with Crippen molar-refractivity contribution in [2.45, 2.75) is 19.3 Å². The number of carbonyl (C=O) groups is 1. The maximum atomic E-state index is 12.7. The minimum absolute atomic E-state index is 0.257. The second-order valence-corrected chi connectivity index (χ2v) is 6.92. The molecule has 1 atom stereocenters. The summed E-state index contributed by atoms with van der Waals surface area (Å²) in [5.74, 6) is -0.722. The summed E-state index contributed by atoms with van der Waals surface area (Å²) in [6.07, 6.45) is -4.77. The van der Waals surface area contributed by atoms with E-state index in [-0.39, 0.29) is 23.3 Å². The molecule has 156 valence electrons. The highest BCUT2D eigenvalue weighted by atomic mass is 19.4. The summed E-state index contributed by atoms with van der Waals surface area (Å²) in [5.41, 5.74) is 2.34. The van der Waals surface area contributed by atoms with Crippen LogP contribution in [-0.2, 0) is 4.74 Å². The van der Waals surface area contributed by atoms with E-state index in [0.29, 0.717) is 19.8 Å². The molecule has 1 heterocycles. The van der Waals surface area contributed by atoms with E-state index in [1.54, 1.807) is 0 Å². The first-order valence-electron chi connectivity index (χ1n) is 9.33. The summed E-state index contributed by atoms with van der Waals surface area (Å²) < 4.78 is 46.1. The summed E-state index contributed by atoms with van der Waals surface area (Å²) in [4.78, 5) is 14.9. The minimum atomic E-state index is -4.77. The second kappa shape index (κ2) is 9.28. The van der Waals surface area contributed by atoms with Crippen LogP contribution in [0, 0.1) is 6.92 Å². The van der Waals surface area contributed by atoms with Gasteiger partial charge in [-0.3, -0.25) is 9.69 Å². The first-order valence-corrected chi connectivity index (χ1v) is 9.33. The molecule has 2 aromatic rings. The molecule has 1 aliphatic heterocycles. The average molecular weight is 408 g/mol. The van der Waals surface area contributed by atoms with Crippen LogP contribution in [0.15, 0.2) is 48.5 Å². The third-order valence-electron chi connectivity index (χ3n) is 4.68. The van der Waals surface area contributed by atoms with Crippen molar-refractivity contribution >= 4 is 5.91 Å². The second-order valence-electron chi connectivity index (χ2n) is 6.92. The van der Waals surface area contributed by atoms with Gasteiger partial charge in [-0.2, -0.15) is 0 Å². The lowest BCUT2D eigenvalue weighted by Gasteiger charge is -2.31. The zero-order valence-corrected chi connectivity index (χ0v) is 16.0. The molecule has 0 aliphatic carbocycles. The minimum Gasteiger partial charge on any atom is -0.406 e. The topological polar surface area (TPSA) is 50.8 Å². The van der Waals surface area contributed by atoms with E-state index < -0.39 is 6.36 Å². The number of alkyl halides is 3. The van der Waals surface area contributed by atoms with Crippen molar-refractivity contribution in [3.05, 3.63) is 65.2 Å². The normalized spacial score (nSPS) is 16.3. The zero-order valence-electron chi connectivity index (χ0n) is 16.0. The Kier molecular flexibility index (Phi) is 6.76. The lowest BCUT2D eigenvalue weighted by molar-refractivity contribution is -0.274. The molecule has 2 aromatic carbocycles. The highest BCUT2D eigenvalue weighted by molar-refractivity contribution is 5.94. The van der Waals surface area contributed by atoms with Crippen molar-refractivity contribution in [3.8, 4) is 5.75 Å². The Morgan fingerprint density at radius 2 is 1.72 bits per heavy atom. The van der Waals surface area contributed by atoms with Crippen molar-refractivity contribution in [1.29, 1.82) is 0 Å². The van der Waals surface area contributed by atoms with E-state index in [2.05, 4.69) is 15.0 Å². The monoisotopic (exact) mass is 408 g/mol. The SMILES string of the molecule is Cc1ccc(C(CN2CCOCC2)NC(=O)c2ccc(OC(F)(F)F)cc2)cc1. The Balaban J connectivity index is 1.72. The molecule has 1 unspecified atom stereocenters. The number of ether oxygens (including phenoxy) is 2. The van der Waals surface area contributed by atoms with E-state index in [1.165, 1.54) is 12.1 Å². The van der Waals surface area contributed by atoms with Crippen LogP contribution in [0.4, 0.5) is 13.2 Å². The lowest BCUT2D eigenvalue weighted by atomic mass is 10.0. The molecule has 0 spiro atoms. The van der Waals surface area contributed by atoms with Crippen LogP contribution in [0.3, 0.4) is 0 Å². The first-order chi connectivity index (χ1) is 13.8. The van der Waals surface area contributed by atoms with Gasteiger partial charge >= 0.3 is 6.36 Å². The average Bonchev–Trinajstić information content (AvgIpc) is 2.68. The molecular weight excluding hydrogens is 385 g/mol. The Morgan fingerprint density at radius 3 is 2.31 bits per heavy atom. The van der Waals surface area contributed by atoms with Gasteiger partial charge in [-0.05, 0) is 36.8 Å².